The Kier molecular flexibility index (Phi) is 7.32. The van der Waals surface area contributed by atoms with Crippen molar-refractivity contribution in [2.45, 2.75) is 62.1 Å². The number of rotatable bonds is 9. The number of benzene rings is 2. The minimum atomic E-state index is -0.648. The Balaban J connectivity index is 1.43. The molecule has 0 aromatic heterocycles. The number of nitrogens with one attached hydrogen (secondary N) is 2. The first-order valence-electron chi connectivity index (χ1n) is 13.2. The molecule has 8 heteroatoms. The quantitative estimate of drug-likeness (QED) is 0.439. The fraction of sp³-hybridized carbons (Fsp3) is 0.483. The van der Waals surface area contributed by atoms with E-state index in [2.05, 4.69) is 10.6 Å². The number of likely N-dealkylation sites (tertiary alicyclic amines) is 1. The van der Waals surface area contributed by atoms with Gasteiger partial charge in [-0.2, -0.15) is 0 Å². The third-order valence-corrected chi connectivity index (χ3v) is 10.1. The summed E-state index contributed by atoms with van der Waals surface area (Å²) in [5.74, 6) is -1.36. The maximum Gasteiger partial charge on any atom is 0.248 e. The molecule has 37 heavy (non-hydrogen) atoms. The second kappa shape index (κ2) is 10.5. The minimum Gasteiger partial charge on any atom is -0.396 e. The largest absolute Gasteiger partial charge is 0.396 e. The molecule has 3 amide bonds. The summed E-state index contributed by atoms with van der Waals surface area (Å²) in [6.45, 7) is 4.78. The minimum absolute atomic E-state index is 0.0276. The van der Waals surface area contributed by atoms with Crippen molar-refractivity contribution in [3.8, 4) is 0 Å². The monoisotopic (exact) mass is 521 g/mol. The van der Waals surface area contributed by atoms with E-state index in [9.17, 15) is 19.5 Å². The van der Waals surface area contributed by atoms with Crippen molar-refractivity contribution < 1.29 is 19.5 Å². The Morgan fingerprint density at radius 1 is 1.05 bits per heavy atom. The van der Waals surface area contributed by atoms with Crippen LogP contribution in [0.2, 0.25) is 0 Å². The van der Waals surface area contributed by atoms with Gasteiger partial charge in [0, 0.05) is 30.6 Å². The van der Waals surface area contributed by atoms with Crippen molar-refractivity contribution in [2.24, 2.45) is 11.8 Å². The number of amides is 3. The maximum atomic E-state index is 14.0. The fourth-order valence-electron chi connectivity index (χ4n) is 6.49. The molecule has 196 valence electrons. The molecule has 5 rings (SSSR count). The molecule has 5 atom stereocenters. The summed E-state index contributed by atoms with van der Waals surface area (Å²) in [7, 11) is 0. The molecule has 3 N–H and O–H groups in total. The Bertz CT molecular complexity index is 1170. The van der Waals surface area contributed by atoms with Gasteiger partial charge in [-0.3, -0.25) is 14.4 Å². The van der Waals surface area contributed by atoms with Crippen LogP contribution in [0.1, 0.15) is 42.4 Å². The van der Waals surface area contributed by atoms with Gasteiger partial charge in [-0.15, -0.1) is 11.8 Å². The van der Waals surface area contributed by atoms with Gasteiger partial charge < -0.3 is 20.6 Å². The van der Waals surface area contributed by atoms with Gasteiger partial charge in [0.2, 0.25) is 17.7 Å². The van der Waals surface area contributed by atoms with Crippen LogP contribution in [0.25, 0.3) is 0 Å². The molecule has 2 aromatic carbocycles. The van der Waals surface area contributed by atoms with Crippen LogP contribution in [-0.4, -0.2) is 56.9 Å². The molecule has 7 nitrogen and oxygen atoms in total. The first kappa shape index (κ1) is 25.8. The number of hydrogen-bond acceptors (Lipinski definition) is 5. The normalized spacial score (nSPS) is 27.9. The number of aliphatic hydroxyl groups excluding tert-OH is 1. The fourth-order valence-corrected chi connectivity index (χ4v) is 8.71. The predicted octanol–water partition coefficient (Wildman–Crippen LogP) is 3.42. The molecule has 3 heterocycles. The molecule has 2 unspecified atom stereocenters. The van der Waals surface area contributed by atoms with Gasteiger partial charge >= 0.3 is 0 Å². The van der Waals surface area contributed by atoms with Crippen LogP contribution in [0.3, 0.4) is 0 Å². The van der Waals surface area contributed by atoms with Gasteiger partial charge in [-0.25, -0.2) is 0 Å². The van der Waals surface area contributed by atoms with Gasteiger partial charge in [-0.1, -0.05) is 48.5 Å². The second-order valence-corrected chi connectivity index (χ2v) is 12.1. The van der Waals surface area contributed by atoms with E-state index >= 15 is 0 Å². The highest BCUT2D eigenvalue weighted by molar-refractivity contribution is 8.02. The molecule has 0 aliphatic carbocycles. The number of aryl methyl sites for hydroxylation is 2. The SMILES string of the molecule is Cc1cccc(C)c1NC(=O)C1N(CCCCO)C(=O)[C@@H]2[C@H](C(=O)NCc3ccccc3)[C@@H]3CCC12S3. The number of thioether (sulfide) groups is 1. The zero-order valence-electron chi connectivity index (χ0n) is 21.4. The van der Waals surface area contributed by atoms with E-state index in [-0.39, 0.29) is 29.6 Å². The van der Waals surface area contributed by atoms with Gasteiger partial charge in [0.05, 0.1) is 16.6 Å². The van der Waals surface area contributed by atoms with Gasteiger partial charge in [0.1, 0.15) is 6.04 Å². The summed E-state index contributed by atoms with van der Waals surface area (Å²) in [6.07, 6.45) is 2.72. The third kappa shape index (κ3) is 4.55. The first-order chi connectivity index (χ1) is 17.9. The number of hydrogen-bond donors (Lipinski definition) is 3. The van der Waals surface area contributed by atoms with Crippen molar-refractivity contribution in [3.05, 3.63) is 65.2 Å². The molecular formula is C29H35N3O4S. The number of carbonyl (C=O) groups is 3. The molecule has 3 aliphatic heterocycles. The van der Waals surface area contributed by atoms with Gasteiger partial charge in [0.25, 0.3) is 0 Å². The molecule has 2 bridgehead atoms. The standard InChI is InChI=1S/C29H35N3O4S/c1-18-9-8-10-19(2)24(18)31-27(35)25-29-14-13-21(37-29)22(23(29)28(36)32(25)15-6-7-16-33)26(34)30-17-20-11-4-3-5-12-20/h3-5,8-12,21-23,25,33H,6-7,13-17H2,1-2H3,(H,30,34)(H,31,35)/t21-,22+,23-,25?,29?/m0/s1. The summed E-state index contributed by atoms with van der Waals surface area (Å²) in [6, 6.07) is 15.0. The van der Waals surface area contributed by atoms with Gasteiger partial charge in [-0.05, 0) is 56.2 Å². The molecule has 2 aromatic rings. The molecule has 3 fully saturated rings. The van der Waals surface area contributed by atoms with Crippen LogP contribution in [0, 0.1) is 25.7 Å². The van der Waals surface area contributed by atoms with Crippen molar-refractivity contribution >= 4 is 35.2 Å². The van der Waals surface area contributed by atoms with Crippen LogP contribution < -0.4 is 10.6 Å². The topological polar surface area (TPSA) is 98.7 Å². The lowest BCUT2D eigenvalue weighted by molar-refractivity contribution is -0.139. The first-order valence-corrected chi connectivity index (χ1v) is 14.0. The zero-order chi connectivity index (χ0) is 26.2. The van der Waals surface area contributed by atoms with Crippen molar-refractivity contribution in [1.82, 2.24) is 10.2 Å². The Labute approximate surface area is 222 Å². The average Bonchev–Trinajstić information content (AvgIpc) is 3.53. The van der Waals surface area contributed by atoms with Crippen LogP contribution in [0.15, 0.2) is 48.5 Å². The summed E-state index contributed by atoms with van der Waals surface area (Å²) in [5.41, 5.74) is 3.74. The van der Waals surface area contributed by atoms with E-state index in [0.29, 0.717) is 25.9 Å². The van der Waals surface area contributed by atoms with Crippen LogP contribution >= 0.6 is 11.8 Å². The van der Waals surface area contributed by atoms with Crippen molar-refractivity contribution in [1.29, 1.82) is 0 Å². The van der Waals surface area contributed by atoms with E-state index in [1.807, 2.05) is 62.4 Å². The van der Waals surface area contributed by atoms with E-state index in [0.717, 1.165) is 35.2 Å². The van der Waals surface area contributed by atoms with E-state index < -0.39 is 22.6 Å². The Hall–Kier alpha value is -2.84. The maximum absolute atomic E-state index is 14.0. The molecule has 3 aliphatic rings. The molecule has 0 saturated carbocycles. The molecular weight excluding hydrogens is 486 g/mol. The lowest BCUT2D eigenvalue weighted by Crippen LogP contribution is -2.52. The van der Waals surface area contributed by atoms with Crippen LogP contribution in [-0.2, 0) is 20.9 Å². The predicted molar refractivity (Wildman–Crippen MR) is 145 cm³/mol. The summed E-state index contributed by atoms with van der Waals surface area (Å²) < 4.78 is -0.615. The molecule has 0 radical (unpaired) electrons. The van der Waals surface area contributed by atoms with E-state index in [1.165, 1.54) is 0 Å². The number of fused-ring (bicyclic) bond motifs is 1. The highest BCUT2D eigenvalue weighted by Gasteiger charge is 2.73. The summed E-state index contributed by atoms with van der Waals surface area (Å²) >= 11 is 1.68. The van der Waals surface area contributed by atoms with Crippen molar-refractivity contribution in [3.63, 3.8) is 0 Å². The third-order valence-electron chi connectivity index (χ3n) is 8.20. The van der Waals surface area contributed by atoms with E-state index in [1.54, 1.807) is 16.7 Å². The van der Waals surface area contributed by atoms with Crippen molar-refractivity contribution in [2.75, 3.05) is 18.5 Å². The number of carbonyl (C=O) groups excluding carboxylic acids is 3. The number of nitrogens with zero attached hydrogens (tertiary/aromatic N) is 1. The highest BCUT2D eigenvalue weighted by atomic mass is 32.2. The number of aliphatic hydroxyl groups is 1. The van der Waals surface area contributed by atoms with Gasteiger partial charge in [0.15, 0.2) is 0 Å². The summed E-state index contributed by atoms with van der Waals surface area (Å²) in [5, 5.41) is 15.6. The summed E-state index contributed by atoms with van der Waals surface area (Å²) in [4.78, 5) is 43.1. The smallest absolute Gasteiger partial charge is 0.248 e. The Morgan fingerprint density at radius 2 is 1.78 bits per heavy atom. The highest BCUT2D eigenvalue weighted by Crippen LogP contribution is 2.66. The van der Waals surface area contributed by atoms with Crippen LogP contribution in [0.4, 0.5) is 5.69 Å². The average molecular weight is 522 g/mol. The number of anilines is 1. The lowest BCUT2D eigenvalue weighted by atomic mass is 9.70. The Morgan fingerprint density at radius 3 is 2.49 bits per heavy atom. The van der Waals surface area contributed by atoms with Crippen LogP contribution in [0.5, 0.6) is 0 Å². The number of unbranched alkanes of at least 4 members (excludes halogenated alkanes) is 1. The lowest BCUT2D eigenvalue weighted by Gasteiger charge is -2.34. The second-order valence-electron chi connectivity index (χ2n) is 10.5. The zero-order valence-corrected chi connectivity index (χ0v) is 22.2. The molecule has 3 saturated heterocycles. The van der Waals surface area contributed by atoms with E-state index in [4.69, 9.17) is 0 Å². The number of para-hydroxylation sites is 1. The molecule has 1 spiro atoms.